The molecule has 2 rings (SSSR count). The maximum Gasteiger partial charge on any atom is 0.136 e. The van der Waals surface area contributed by atoms with E-state index in [1.807, 2.05) is 14.0 Å². The SMILES string of the molecule is CNc1nc(C2CC2)nc(NCC(COC)OC)c1C. The fourth-order valence-electron chi connectivity index (χ4n) is 2.08. The molecule has 0 aromatic carbocycles. The average Bonchev–Trinajstić information content (AvgIpc) is 3.29. The second-order valence-electron chi connectivity index (χ2n) is 5.12. The molecular formula is C14H24N4O2. The minimum Gasteiger partial charge on any atom is -0.382 e. The van der Waals surface area contributed by atoms with E-state index in [1.54, 1.807) is 14.2 Å². The number of hydrogen-bond acceptors (Lipinski definition) is 6. The molecule has 0 bridgehead atoms. The third kappa shape index (κ3) is 3.58. The van der Waals surface area contributed by atoms with Crippen molar-refractivity contribution in [2.24, 2.45) is 0 Å². The highest BCUT2D eigenvalue weighted by Gasteiger charge is 2.28. The van der Waals surface area contributed by atoms with Crippen LogP contribution in [0.15, 0.2) is 0 Å². The van der Waals surface area contributed by atoms with Gasteiger partial charge in [-0.1, -0.05) is 0 Å². The maximum atomic E-state index is 5.35. The average molecular weight is 280 g/mol. The summed E-state index contributed by atoms with van der Waals surface area (Å²) in [5.74, 6) is 3.23. The van der Waals surface area contributed by atoms with Crippen molar-refractivity contribution in [3.05, 3.63) is 11.4 Å². The number of nitrogens with one attached hydrogen (secondary N) is 2. The molecule has 0 aliphatic heterocycles. The Morgan fingerprint density at radius 1 is 1.25 bits per heavy atom. The van der Waals surface area contributed by atoms with Gasteiger partial charge in [-0.2, -0.15) is 0 Å². The summed E-state index contributed by atoms with van der Waals surface area (Å²) in [6.45, 7) is 3.24. The van der Waals surface area contributed by atoms with Crippen molar-refractivity contribution in [3.63, 3.8) is 0 Å². The molecule has 1 unspecified atom stereocenters. The van der Waals surface area contributed by atoms with Gasteiger partial charge in [-0.3, -0.25) is 0 Å². The fraction of sp³-hybridized carbons (Fsp3) is 0.714. The zero-order chi connectivity index (χ0) is 14.5. The topological polar surface area (TPSA) is 68.3 Å². The van der Waals surface area contributed by atoms with E-state index in [0.717, 1.165) is 23.0 Å². The molecule has 1 aromatic heterocycles. The number of rotatable bonds is 8. The standard InChI is InChI=1S/C14H24N4O2/c1-9-12(15-2)17-14(10-5-6-10)18-13(9)16-7-11(20-4)8-19-3/h10-11H,5-8H2,1-4H3,(H2,15,16,17,18). The summed E-state index contributed by atoms with van der Waals surface area (Å²) in [4.78, 5) is 9.23. The van der Waals surface area contributed by atoms with Crippen LogP contribution in [0.25, 0.3) is 0 Å². The van der Waals surface area contributed by atoms with Crippen LogP contribution in [0.4, 0.5) is 11.6 Å². The minimum absolute atomic E-state index is 0.0109. The smallest absolute Gasteiger partial charge is 0.136 e. The zero-order valence-electron chi connectivity index (χ0n) is 12.7. The summed E-state index contributed by atoms with van der Waals surface area (Å²) in [6, 6.07) is 0. The summed E-state index contributed by atoms with van der Waals surface area (Å²) in [7, 11) is 5.25. The highest BCUT2D eigenvalue weighted by atomic mass is 16.5. The molecule has 112 valence electrons. The molecule has 0 radical (unpaired) electrons. The van der Waals surface area contributed by atoms with Crippen LogP contribution in [0, 0.1) is 6.92 Å². The van der Waals surface area contributed by atoms with Crippen molar-refractivity contribution < 1.29 is 9.47 Å². The van der Waals surface area contributed by atoms with Crippen molar-refractivity contribution >= 4 is 11.6 Å². The first-order valence-electron chi connectivity index (χ1n) is 7.01. The van der Waals surface area contributed by atoms with Gasteiger partial charge >= 0.3 is 0 Å². The van der Waals surface area contributed by atoms with Crippen LogP contribution in [0.1, 0.15) is 30.1 Å². The lowest BCUT2D eigenvalue weighted by molar-refractivity contribution is 0.0365. The van der Waals surface area contributed by atoms with Crippen LogP contribution in [-0.4, -0.2) is 50.5 Å². The van der Waals surface area contributed by atoms with Gasteiger partial charge in [-0.05, 0) is 19.8 Å². The van der Waals surface area contributed by atoms with Gasteiger partial charge in [0.25, 0.3) is 0 Å². The quantitative estimate of drug-likeness (QED) is 0.756. The van der Waals surface area contributed by atoms with E-state index < -0.39 is 0 Å². The van der Waals surface area contributed by atoms with Gasteiger partial charge in [0.2, 0.25) is 0 Å². The van der Waals surface area contributed by atoms with Gasteiger partial charge in [0.15, 0.2) is 0 Å². The molecule has 20 heavy (non-hydrogen) atoms. The molecule has 0 saturated heterocycles. The predicted octanol–water partition coefficient (Wildman–Crippen LogP) is 1.78. The van der Waals surface area contributed by atoms with Gasteiger partial charge in [0.05, 0.1) is 12.7 Å². The largest absolute Gasteiger partial charge is 0.382 e. The maximum absolute atomic E-state index is 5.35. The monoisotopic (exact) mass is 280 g/mol. The number of anilines is 2. The highest BCUT2D eigenvalue weighted by molar-refractivity contribution is 5.57. The van der Waals surface area contributed by atoms with Crippen LogP contribution in [-0.2, 0) is 9.47 Å². The first-order chi connectivity index (χ1) is 9.69. The van der Waals surface area contributed by atoms with E-state index >= 15 is 0 Å². The molecule has 1 aliphatic rings. The van der Waals surface area contributed by atoms with Crippen LogP contribution >= 0.6 is 0 Å². The lowest BCUT2D eigenvalue weighted by Gasteiger charge is -2.18. The van der Waals surface area contributed by atoms with E-state index in [1.165, 1.54) is 12.8 Å². The highest BCUT2D eigenvalue weighted by Crippen LogP contribution is 2.39. The molecule has 1 saturated carbocycles. The molecule has 2 N–H and O–H groups in total. The third-order valence-electron chi connectivity index (χ3n) is 3.53. The summed E-state index contributed by atoms with van der Waals surface area (Å²) in [5, 5.41) is 6.49. The van der Waals surface area contributed by atoms with Gasteiger partial charge < -0.3 is 20.1 Å². The normalized spacial score (nSPS) is 16.0. The van der Waals surface area contributed by atoms with Gasteiger partial charge in [0.1, 0.15) is 17.5 Å². The second-order valence-corrected chi connectivity index (χ2v) is 5.12. The molecule has 1 fully saturated rings. The molecule has 1 aliphatic carbocycles. The number of hydrogen-bond donors (Lipinski definition) is 2. The van der Waals surface area contributed by atoms with Crippen molar-refractivity contribution in [1.29, 1.82) is 0 Å². The number of nitrogens with zero attached hydrogens (tertiary/aromatic N) is 2. The summed E-state index contributed by atoms with van der Waals surface area (Å²) in [6.07, 6.45) is 2.39. The predicted molar refractivity (Wildman–Crippen MR) is 79.5 cm³/mol. The molecule has 1 atom stereocenters. The fourth-order valence-corrected chi connectivity index (χ4v) is 2.08. The summed E-state index contributed by atoms with van der Waals surface area (Å²) >= 11 is 0. The summed E-state index contributed by atoms with van der Waals surface area (Å²) < 4.78 is 10.5. The Morgan fingerprint density at radius 2 is 1.95 bits per heavy atom. The Bertz CT molecular complexity index is 449. The van der Waals surface area contributed by atoms with E-state index in [4.69, 9.17) is 9.47 Å². The number of methoxy groups -OCH3 is 2. The van der Waals surface area contributed by atoms with Gasteiger partial charge in [-0.15, -0.1) is 0 Å². The van der Waals surface area contributed by atoms with Crippen LogP contribution < -0.4 is 10.6 Å². The first-order valence-corrected chi connectivity index (χ1v) is 7.01. The summed E-state index contributed by atoms with van der Waals surface area (Å²) in [5.41, 5.74) is 1.03. The molecular weight excluding hydrogens is 256 g/mol. The van der Waals surface area contributed by atoms with Crippen LogP contribution in [0.3, 0.4) is 0 Å². The first kappa shape index (κ1) is 15.0. The van der Waals surface area contributed by atoms with Crippen LogP contribution in [0.2, 0.25) is 0 Å². The van der Waals surface area contributed by atoms with E-state index in [2.05, 4.69) is 20.6 Å². The molecule has 6 nitrogen and oxygen atoms in total. The van der Waals surface area contributed by atoms with Crippen molar-refractivity contribution in [2.75, 3.05) is 45.1 Å². The molecule has 1 aromatic rings. The van der Waals surface area contributed by atoms with E-state index in [9.17, 15) is 0 Å². The number of aromatic nitrogens is 2. The molecule has 0 amide bonds. The minimum atomic E-state index is 0.0109. The lowest BCUT2D eigenvalue weighted by Crippen LogP contribution is -2.27. The van der Waals surface area contributed by atoms with Gasteiger partial charge in [-0.25, -0.2) is 9.97 Å². The third-order valence-corrected chi connectivity index (χ3v) is 3.53. The Balaban J connectivity index is 2.10. The second kappa shape index (κ2) is 6.85. The van der Waals surface area contributed by atoms with Crippen LogP contribution in [0.5, 0.6) is 0 Å². The van der Waals surface area contributed by atoms with E-state index in [0.29, 0.717) is 19.1 Å². The molecule has 1 heterocycles. The van der Waals surface area contributed by atoms with Crippen molar-refractivity contribution in [1.82, 2.24) is 9.97 Å². The molecule has 0 spiro atoms. The van der Waals surface area contributed by atoms with Gasteiger partial charge in [0, 0.05) is 39.3 Å². The number of ether oxygens (including phenoxy) is 2. The Kier molecular flexibility index (Phi) is 5.14. The van der Waals surface area contributed by atoms with Crippen molar-refractivity contribution in [3.8, 4) is 0 Å². The zero-order valence-corrected chi connectivity index (χ0v) is 12.7. The van der Waals surface area contributed by atoms with E-state index in [-0.39, 0.29) is 6.10 Å². The Labute approximate surface area is 120 Å². The lowest BCUT2D eigenvalue weighted by atomic mass is 10.2. The Morgan fingerprint density at radius 3 is 2.50 bits per heavy atom. The Hall–Kier alpha value is -1.40. The molecule has 6 heteroatoms. The van der Waals surface area contributed by atoms with Crippen molar-refractivity contribution in [2.45, 2.75) is 31.8 Å².